The van der Waals surface area contributed by atoms with Crippen LogP contribution in [-0.4, -0.2) is 40.0 Å². The normalized spacial score (nSPS) is 19.9. The number of aryl methyl sites for hydroxylation is 2. The lowest BCUT2D eigenvalue weighted by Gasteiger charge is -2.16. The number of nitrogens with one attached hydrogen (secondary N) is 1. The minimum absolute atomic E-state index is 0.0222. The zero-order valence-electron chi connectivity index (χ0n) is 16.5. The maximum Gasteiger partial charge on any atom is 0.263 e. The number of rotatable bonds is 7. The first-order chi connectivity index (χ1) is 13.6. The van der Waals surface area contributed by atoms with Crippen LogP contribution in [0.15, 0.2) is 9.95 Å². The average molecular weight is 422 g/mol. The van der Waals surface area contributed by atoms with Crippen molar-refractivity contribution in [2.24, 2.45) is 0 Å². The van der Waals surface area contributed by atoms with Crippen LogP contribution in [0.2, 0.25) is 0 Å². The predicted octanol–water partition coefficient (Wildman–Crippen LogP) is 3.13. The van der Waals surface area contributed by atoms with E-state index in [0.29, 0.717) is 11.7 Å². The summed E-state index contributed by atoms with van der Waals surface area (Å²) in [6, 6.07) is 0.151. The molecule has 28 heavy (non-hydrogen) atoms. The lowest BCUT2D eigenvalue weighted by molar-refractivity contribution is -0.119. The van der Waals surface area contributed by atoms with Gasteiger partial charge < -0.3 is 10.1 Å². The van der Waals surface area contributed by atoms with Crippen molar-refractivity contribution < 1.29 is 9.53 Å². The van der Waals surface area contributed by atoms with Gasteiger partial charge in [0.2, 0.25) is 5.91 Å². The van der Waals surface area contributed by atoms with Gasteiger partial charge in [-0.3, -0.25) is 14.2 Å². The van der Waals surface area contributed by atoms with Gasteiger partial charge in [-0.1, -0.05) is 18.7 Å². The van der Waals surface area contributed by atoms with Crippen molar-refractivity contribution in [3.05, 3.63) is 20.8 Å². The van der Waals surface area contributed by atoms with Crippen molar-refractivity contribution >= 4 is 39.2 Å². The molecule has 1 amide bonds. The Hall–Kier alpha value is -1.38. The molecule has 2 aliphatic rings. The number of hydrogen-bond acceptors (Lipinski definition) is 6. The number of carbonyl (C=O) groups is 1. The van der Waals surface area contributed by atoms with E-state index in [1.807, 2.05) is 13.8 Å². The smallest absolute Gasteiger partial charge is 0.263 e. The van der Waals surface area contributed by atoms with Gasteiger partial charge in [-0.05, 0) is 51.0 Å². The van der Waals surface area contributed by atoms with E-state index in [1.165, 1.54) is 22.2 Å². The first-order valence-electron chi connectivity index (χ1n) is 10.2. The molecule has 152 valence electrons. The van der Waals surface area contributed by atoms with Gasteiger partial charge in [-0.25, -0.2) is 4.98 Å². The summed E-state index contributed by atoms with van der Waals surface area (Å²) in [4.78, 5) is 32.6. The van der Waals surface area contributed by atoms with E-state index in [0.717, 1.165) is 55.3 Å². The Morgan fingerprint density at radius 3 is 3.04 bits per heavy atom. The third-order valence-corrected chi connectivity index (χ3v) is 7.71. The first-order valence-corrected chi connectivity index (χ1v) is 12.0. The van der Waals surface area contributed by atoms with Gasteiger partial charge in [0, 0.05) is 17.5 Å². The molecule has 1 fully saturated rings. The zero-order valence-corrected chi connectivity index (χ0v) is 18.1. The van der Waals surface area contributed by atoms with Crippen LogP contribution < -0.4 is 10.9 Å². The highest BCUT2D eigenvalue weighted by molar-refractivity contribution is 7.99. The lowest BCUT2D eigenvalue weighted by Crippen LogP contribution is -2.34. The van der Waals surface area contributed by atoms with Gasteiger partial charge in [-0.15, -0.1) is 11.3 Å². The summed E-state index contributed by atoms with van der Waals surface area (Å²) in [5.41, 5.74) is 1.23. The number of ether oxygens (including phenoxy) is 1. The molecule has 2 aromatic heterocycles. The van der Waals surface area contributed by atoms with Gasteiger partial charge in [0.1, 0.15) is 4.83 Å². The van der Waals surface area contributed by atoms with Crippen molar-refractivity contribution in [2.45, 2.75) is 76.2 Å². The molecule has 0 saturated carbocycles. The molecule has 8 heteroatoms. The van der Waals surface area contributed by atoms with Gasteiger partial charge in [0.25, 0.3) is 5.56 Å². The fourth-order valence-corrected chi connectivity index (χ4v) is 5.99. The van der Waals surface area contributed by atoms with Gasteiger partial charge >= 0.3 is 0 Å². The number of hydrogen-bond donors (Lipinski definition) is 1. The van der Waals surface area contributed by atoms with E-state index >= 15 is 0 Å². The molecule has 2 atom stereocenters. The number of thioether (sulfide) groups is 1. The molecule has 1 aliphatic heterocycles. The zero-order chi connectivity index (χ0) is 19.7. The van der Waals surface area contributed by atoms with Crippen LogP contribution in [0.3, 0.4) is 0 Å². The number of thiophene rings is 1. The van der Waals surface area contributed by atoms with Crippen molar-refractivity contribution in [3.63, 3.8) is 0 Å². The van der Waals surface area contributed by atoms with Gasteiger partial charge in [0.15, 0.2) is 5.16 Å². The average Bonchev–Trinajstić information content (AvgIpc) is 3.39. The topological polar surface area (TPSA) is 73.2 Å². The summed E-state index contributed by atoms with van der Waals surface area (Å²) in [5, 5.41) is 4.41. The standard InChI is InChI=1S/C20H27N3O3S2/c1-3-12(2)21-16(24)11-27-20-22-18-17(14-7-4-8-15(14)28-18)19(25)23(20)10-13-6-5-9-26-13/h12-13H,3-11H2,1-2H3,(H,21,24)/t12-,13-/m1/s1. The van der Waals surface area contributed by atoms with E-state index in [9.17, 15) is 9.59 Å². The first kappa shape index (κ1) is 19.9. The second-order valence-corrected chi connectivity index (χ2v) is 9.67. The van der Waals surface area contributed by atoms with Crippen LogP contribution in [0.1, 0.15) is 50.0 Å². The van der Waals surface area contributed by atoms with Crippen molar-refractivity contribution in [2.75, 3.05) is 12.4 Å². The molecule has 1 N–H and O–H groups in total. The summed E-state index contributed by atoms with van der Waals surface area (Å²) in [5.74, 6) is 0.241. The second-order valence-electron chi connectivity index (χ2n) is 7.65. The quantitative estimate of drug-likeness (QED) is 0.549. The summed E-state index contributed by atoms with van der Waals surface area (Å²) in [7, 11) is 0. The van der Waals surface area contributed by atoms with E-state index in [2.05, 4.69) is 5.32 Å². The maximum absolute atomic E-state index is 13.4. The summed E-state index contributed by atoms with van der Waals surface area (Å²) in [6.45, 7) is 5.31. The molecule has 3 heterocycles. The third kappa shape index (κ3) is 4.00. The number of aromatic nitrogens is 2. The van der Waals surface area contributed by atoms with Gasteiger partial charge in [-0.2, -0.15) is 0 Å². The van der Waals surface area contributed by atoms with E-state index in [-0.39, 0.29) is 29.4 Å². The fourth-order valence-electron chi connectivity index (χ4n) is 3.87. The summed E-state index contributed by atoms with van der Waals surface area (Å²) < 4.78 is 7.53. The van der Waals surface area contributed by atoms with Crippen LogP contribution >= 0.6 is 23.1 Å². The van der Waals surface area contributed by atoms with E-state index in [1.54, 1.807) is 15.9 Å². The van der Waals surface area contributed by atoms with Crippen LogP contribution in [-0.2, 0) is 28.9 Å². The predicted molar refractivity (Wildman–Crippen MR) is 113 cm³/mol. The Labute approximate surface area is 173 Å². The van der Waals surface area contributed by atoms with Crippen LogP contribution in [0.25, 0.3) is 10.2 Å². The van der Waals surface area contributed by atoms with Crippen LogP contribution in [0.5, 0.6) is 0 Å². The largest absolute Gasteiger partial charge is 0.376 e. The minimum atomic E-state index is -0.0222. The molecular weight excluding hydrogens is 394 g/mol. The molecule has 4 rings (SSSR count). The fraction of sp³-hybridized carbons (Fsp3) is 0.650. The molecule has 0 bridgehead atoms. The summed E-state index contributed by atoms with van der Waals surface area (Å²) >= 11 is 3.00. The molecule has 0 radical (unpaired) electrons. The van der Waals surface area contributed by atoms with Crippen molar-refractivity contribution in [1.29, 1.82) is 0 Å². The number of fused-ring (bicyclic) bond motifs is 3. The molecule has 0 unspecified atom stereocenters. The highest BCUT2D eigenvalue weighted by Gasteiger charge is 2.25. The number of nitrogens with zero attached hydrogens (tertiary/aromatic N) is 2. The van der Waals surface area contributed by atoms with Gasteiger partial charge in [0.05, 0.1) is 23.8 Å². The molecule has 0 spiro atoms. The minimum Gasteiger partial charge on any atom is -0.376 e. The number of amides is 1. The SMILES string of the molecule is CC[C@@H](C)NC(=O)CSc1nc2sc3c(c2c(=O)n1C[C@H]1CCCO1)CCC3. The molecule has 0 aromatic carbocycles. The maximum atomic E-state index is 13.4. The highest BCUT2D eigenvalue weighted by Crippen LogP contribution is 2.35. The van der Waals surface area contributed by atoms with E-state index in [4.69, 9.17) is 9.72 Å². The molecule has 2 aromatic rings. The van der Waals surface area contributed by atoms with Crippen LogP contribution in [0.4, 0.5) is 0 Å². The Morgan fingerprint density at radius 2 is 2.29 bits per heavy atom. The monoisotopic (exact) mass is 421 g/mol. The molecule has 6 nitrogen and oxygen atoms in total. The van der Waals surface area contributed by atoms with E-state index < -0.39 is 0 Å². The third-order valence-electron chi connectivity index (χ3n) is 5.55. The molecule has 1 saturated heterocycles. The van der Waals surface area contributed by atoms with Crippen LogP contribution in [0, 0.1) is 0 Å². The lowest BCUT2D eigenvalue weighted by atomic mass is 10.2. The Kier molecular flexibility index (Phi) is 6.08. The number of carbonyl (C=O) groups excluding carboxylic acids is 1. The Bertz CT molecular complexity index is 931. The second kappa shape index (κ2) is 8.55. The summed E-state index contributed by atoms with van der Waals surface area (Å²) in [6.07, 6.45) is 6.07. The molecule has 1 aliphatic carbocycles. The Balaban J connectivity index is 1.65. The highest BCUT2D eigenvalue weighted by atomic mass is 32.2. The van der Waals surface area contributed by atoms with Crippen molar-refractivity contribution in [3.8, 4) is 0 Å². The Morgan fingerprint density at radius 1 is 1.43 bits per heavy atom. The van der Waals surface area contributed by atoms with Crippen molar-refractivity contribution in [1.82, 2.24) is 14.9 Å². The molecular formula is C20H27N3O3S2.